The normalized spacial score (nSPS) is 39.0. The first-order valence-electron chi connectivity index (χ1n) is 8.97. The maximum Gasteiger partial charge on any atom is 0.321 e. The first kappa shape index (κ1) is 17.0. The Balaban J connectivity index is 1.63. The van der Waals surface area contributed by atoms with Crippen LogP contribution in [-0.2, 0) is 14.3 Å². The number of hydrogen-bond donors (Lipinski definition) is 0. The number of esters is 1. The molecule has 22 heavy (non-hydrogen) atoms. The van der Waals surface area contributed by atoms with Crippen LogP contribution >= 0.6 is 22.6 Å². The van der Waals surface area contributed by atoms with Crippen molar-refractivity contribution in [3.05, 3.63) is 0 Å². The van der Waals surface area contributed by atoms with E-state index in [0.717, 1.165) is 18.3 Å². The molecule has 126 valence electrons. The fraction of sp³-hybridized carbons (Fsp3) is 0.944. The van der Waals surface area contributed by atoms with Gasteiger partial charge in [-0.05, 0) is 62.2 Å². The highest BCUT2D eigenvalue weighted by Crippen LogP contribution is 2.55. The number of halogens is 1. The quantitative estimate of drug-likeness (QED) is 0.273. The molecule has 0 aromatic heterocycles. The molecular weight excluding hydrogens is 391 g/mol. The highest BCUT2D eigenvalue weighted by Gasteiger charge is 2.49. The Bertz CT molecular complexity index is 381. The molecular formula is C18H29IO3. The second kappa shape index (κ2) is 6.96. The van der Waals surface area contributed by atoms with Crippen LogP contribution in [0.5, 0.6) is 0 Å². The van der Waals surface area contributed by atoms with Crippen LogP contribution in [0.25, 0.3) is 0 Å². The molecule has 2 atom stereocenters. The molecule has 0 saturated heterocycles. The number of rotatable bonds is 6. The van der Waals surface area contributed by atoms with Crippen molar-refractivity contribution in [1.29, 1.82) is 0 Å². The Hall–Kier alpha value is 0.160. The van der Waals surface area contributed by atoms with Crippen LogP contribution < -0.4 is 0 Å². The summed E-state index contributed by atoms with van der Waals surface area (Å²) < 4.78 is 12.0. The molecule has 4 fully saturated rings. The van der Waals surface area contributed by atoms with Gasteiger partial charge in [0.05, 0.1) is 6.10 Å². The van der Waals surface area contributed by atoms with E-state index in [1.807, 2.05) is 6.92 Å². The second-order valence-corrected chi connectivity index (χ2v) is 9.46. The van der Waals surface area contributed by atoms with Crippen molar-refractivity contribution < 1.29 is 14.3 Å². The molecule has 0 N–H and O–H groups in total. The minimum atomic E-state index is -0.376. The minimum Gasteiger partial charge on any atom is -0.435 e. The van der Waals surface area contributed by atoms with Gasteiger partial charge in [0.25, 0.3) is 0 Å². The van der Waals surface area contributed by atoms with Gasteiger partial charge in [0.15, 0.2) is 0 Å². The van der Waals surface area contributed by atoms with E-state index in [2.05, 4.69) is 36.4 Å². The zero-order valence-corrected chi connectivity index (χ0v) is 16.1. The number of carbonyl (C=O) groups excluding carboxylic acids is 1. The van der Waals surface area contributed by atoms with E-state index < -0.39 is 0 Å². The Labute approximate surface area is 148 Å². The Morgan fingerprint density at radius 1 is 1.09 bits per heavy atom. The molecule has 4 bridgehead atoms. The molecule has 4 rings (SSSR count). The highest BCUT2D eigenvalue weighted by molar-refractivity contribution is 14.1. The lowest BCUT2D eigenvalue weighted by atomic mass is 9.55. The van der Waals surface area contributed by atoms with Crippen molar-refractivity contribution in [3.63, 3.8) is 0 Å². The van der Waals surface area contributed by atoms with Gasteiger partial charge in [0.1, 0.15) is 3.92 Å². The average molecular weight is 420 g/mol. The third-order valence-corrected chi connectivity index (χ3v) is 7.21. The smallest absolute Gasteiger partial charge is 0.321 e. The largest absolute Gasteiger partial charge is 0.435 e. The lowest BCUT2D eigenvalue weighted by Gasteiger charge is -2.54. The third-order valence-electron chi connectivity index (χ3n) is 5.82. The van der Waals surface area contributed by atoms with Crippen LogP contribution in [0.3, 0.4) is 0 Å². The summed E-state index contributed by atoms with van der Waals surface area (Å²) in [5.41, 5.74) is 0. The molecule has 0 aromatic carbocycles. The third kappa shape index (κ3) is 3.47. The summed E-state index contributed by atoms with van der Waals surface area (Å²) in [6.07, 6.45) is 7.54. The zero-order chi connectivity index (χ0) is 15.9. The van der Waals surface area contributed by atoms with Crippen LogP contribution in [0.1, 0.15) is 59.3 Å². The summed E-state index contributed by atoms with van der Waals surface area (Å²) in [7, 11) is 0. The molecule has 0 aliphatic heterocycles. The predicted molar refractivity (Wildman–Crippen MR) is 94.7 cm³/mol. The lowest BCUT2D eigenvalue weighted by Crippen LogP contribution is -2.51. The molecule has 0 aromatic rings. The van der Waals surface area contributed by atoms with Gasteiger partial charge in [-0.15, -0.1) is 0 Å². The molecule has 3 nitrogen and oxygen atoms in total. The monoisotopic (exact) mass is 420 g/mol. The lowest BCUT2D eigenvalue weighted by molar-refractivity contribution is -0.236. The van der Waals surface area contributed by atoms with Crippen molar-refractivity contribution in [3.8, 4) is 0 Å². The van der Waals surface area contributed by atoms with Gasteiger partial charge in [-0.2, -0.15) is 0 Å². The van der Waals surface area contributed by atoms with Crippen molar-refractivity contribution in [1.82, 2.24) is 0 Å². The number of ether oxygens (including phenoxy) is 2. The van der Waals surface area contributed by atoms with Gasteiger partial charge in [-0.3, -0.25) is 4.79 Å². The first-order valence-corrected chi connectivity index (χ1v) is 10.2. The minimum absolute atomic E-state index is 0.0686. The maximum atomic E-state index is 12.1. The molecule has 4 heteroatoms. The molecule has 4 aliphatic rings. The van der Waals surface area contributed by atoms with E-state index in [4.69, 9.17) is 9.47 Å². The van der Waals surface area contributed by atoms with Gasteiger partial charge in [-0.25, -0.2) is 0 Å². The van der Waals surface area contributed by atoms with E-state index >= 15 is 0 Å². The van der Waals surface area contributed by atoms with Crippen molar-refractivity contribution in [2.24, 2.45) is 29.6 Å². The SMILES string of the molecule is CCC(I)C(=O)OC(OC1C2CC3CC(C2)CC1C3)C(C)C. The number of hydrogen-bond acceptors (Lipinski definition) is 3. The van der Waals surface area contributed by atoms with Crippen molar-refractivity contribution in [2.45, 2.75) is 75.6 Å². The Kier molecular flexibility index (Phi) is 5.38. The van der Waals surface area contributed by atoms with E-state index in [-0.39, 0.29) is 22.1 Å². The van der Waals surface area contributed by atoms with Gasteiger partial charge >= 0.3 is 5.97 Å². The summed E-state index contributed by atoms with van der Waals surface area (Å²) in [6, 6.07) is 0. The highest BCUT2D eigenvalue weighted by atomic mass is 127. The van der Waals surface area contributed by atoms with Gasteiger partial charge in [0, 0.05) is 5.92 Å². The number of carbonyl (C=O) groups is 1. The van der Waals surface area contributed by atoms with Gasteiger partial charge < -0.3 is 9.47 Å². The summed E-state index contributed by atoms with van der Waals surface area (Å²) in [5.74, 6) is 3.39. The fourth-order valence-corrected chi connectivity index (χ4v) is 5.08. The zero-order valence-electron chi connectivity index (χ0n) is 14.0. The summed E-state index contributed by atoms with van der Waals surface area (Å²) >= 11 is 2.16. The van der Waals surface area contributed by atoms with Crippen LogP contribution in [0.15, 0.2) is 0 Å². The molecule has 2 unspecified atom stereocenters. The molecule has 0 radical (unpaired) electrons. The second-order valence-electron chi connectivity index (χ2n) is 7.96. The molecule has 0 spiro atoms. The molecule has 4 aliphatic carbocycles. The summed E-state index contributed by atoms with van der Waals surface area (Å²) in [6.45, 7) is 6.19. The van der Waals surface area contributed by atoms with E-state index in [1.54, 1.807) is 0 Å². The standard InChI is InChI=1S/C18H29IO3/c1-4-15(19)17(20)22-18(10(2)3)21-16-13-6-11-5-12(8-13)9-14(16)7-11/h10-16,18H,4-9H2,1-3H3. The van der Waals surface area contributed by atoms with Crippen LogP contribution in [-0.4, -0.2) is 22.3 Å². The van der Waals surface area contributed by atoms with Crippen LogP contribution in [0.2, 0.25) is 0 Å². The summed E-state index contributed by atoms with van der Waals surface area (Å²) in [5, 5.41) is 0. The van der Waals surface area contributed by atoms with Crippen molar-refractivity contribution >= 4 is 28.6 Å². The fourth-order valence-electron chi connectivity index (χ4n) is 4.93. The van der Waals surface area contributed by atoms with E-state index in [0.29, 0.717) is 17.9 Å². The Morgan fingerprint density at radius 2 is 1.64 bits per heavy atom. The average Bonchev–Trinajstić information content (AvgIpc) is 2.47. The van der Waals surface area contributed by atoms with E-state index in [9.17, 15) is 4.79 Å². The van der Waals surface area contributed by atoms with E-state index in [1.165, 1.54) is 32.1 Å². The number of alkyl halides is 1. The first-order chi connectivity index (χ1) is 10.5. The summed E-state index contributed by atoms with van der Waals surface area (Å²) in [4.78, 5) is 12.1. The Morgan fingerprint density at radius 3 is 2.09 bits per heavy atom. The maximum absolute atomic E-state index is 12.1. The topological polar surface area (TPSA) is 35.5 Å². The predicted octanol–water partition coefficient (Wildman–Crippen LogP) is 4.57. The van der Waals surface area contributed by atoms with Gasteiger partial charge in [-0.1, -0.05) is 43.4 Å². The molecule has 0 heterocycles. The van der Waals surface area contributed by atoms with Crippen LogP contribution in [0, 0.1) is 29.6 Å². The molecule has 4 saturated carbocycles. The van der Waals surface area contributed by atoms with Crippen LogP contribution in [0.4, 0.5) is 0 Å². The molecule has 0 amide bonds. The van der Waals surface area contributed by atoms with Gasteiger partial charge in [0.2, 0.25) is 6.29 Å². The van der Waals surface area contributed by atoms with Crippen molar-refractivity contribution in [2.75, 3.05) is 0 Å².